The first kappa shape index (κ1) is 53.4. The molecule has 6 nitrogen and oxygen atoms in total. The van der Waals surface area contributed by atoms with E-state index in [1.807, 2.05) is 0 Å². The minimum Gasteiger partial charge on any atom is -0.462 e. The van der Waals surface area contributed by atoms with E-state index in [1.54, 1.807) is 0 Å². The van der Waals surface area contributed by atoms with Gasteiger partial charge in [0.25, 0.3) is 0 Å². The SMILES string of the molecule is CCCCCCCCCCCCCCCCCC(=O)O[C@@H](COC(=O)CCCCCCCCCCC(C)CC)COC(=O)CCCCCCCCC(C)CC. The molecule has 0 aliphatic carbocycles. The monoisotopic (exact) mass is 779 g/mol. The summed E-state index contributed by atoms with van der Waals surface area (Å²) in [6, 6.07) is 0. The largest absolute Gasteiger partial charge is 0.462 e. The predicted molar refractivity (Wildman–Crippen MR) is 233 cm³/mol. The van der Waals surface area contributed by atoms with Crippen LogP contribution in [-0.2, 0) is 28.6 Å². The van der Waals surface area contributed by atoms with Gasteiger partial charge >= 0.3 is 17.9 Å². The van der Waals surface area contributed by atoms with Crippen LogP contribution >= 0.6 is 0 Å². The summed E-state index contributed by atoms with van der Waals surface area (Å²) >= 11 is 0. The minimum absolute atomic E-state index is 0.0655. The highest BCUT2D eigenvalue weighted by molar-refractivity contribution is 5.71. The van der Waals surface area contributed by atoms with E-state index in [9.17, 15) is 14.4 Å². The van der Waals surface area contributed by atoms with Crippen molar-refractivity contribution in [3.8, 4) is 0 Å². The number of hydrogen-bond acceptors (Lipinski definition) is 6. The van der Waals surface area contributed by atoms with Gasteiger partial charge < -0.3 is 14.2 Å². The first-order valence-electron chi connectivity index (χ1n) is 24.3. The maximum Gasteiger partial charge on any atom is 0.306 e. The molecule has 0 aliphatic heterocycles. The van der Waals surface area contributed by atoms with E-state index in [1.165, 1.54) is 154 Å². The average molecular weight is 779 g/mol. The van der Waals surface area contributed by atoms with Crippen LogP contribution in [0.25, 0.3) is 0 Å². The normalized spacial score (nSPS) is 13.0. The predicted octanol–water partition coefficient (Wildman–Crippen LogP) is 15.4. The summed E-state index contributed by atoms with van der Waals surface area (Å²) in [4.78, 5) is 37.8. The van der Waals surface area contributed by atoms with Gasteiger partial charge in [-0.15, -0.1) is 0 Å². The van der Waals surface area contributed by atoms with Crippen molar-refractivity contribution in [3.05, 3.63) is 0 Å². The number of ether oxygens (including phenoxy) is 3. The van der Waals surface area contributed by atoms with Gasteiger partial charge in [-0.2, -0.15) is 0 Å². The Hall–Kier alpha value is -1.59. The Kier molecular flexibility index (Phi) is 40.8. The van der Waals surface area contributed by atoms with Crippen LogP contribution in [0.3, 0.4) is 0 Å². The van der Waals surface area contributed by atoms with Gasteiger partial charge in [0.05, 0.1) is 0 Å². The molecule has 0 spiro atoms. The van der Waals surface area contributed by atoms with Gasteiger partial charge in [-0.05, 0) is 31.1 Å². The van der Waals surface area contributed by atoms with Gasteiger partial charge in [0.2, 0.25) is 0 Å². The van der Waals surface area contributed by atoms with E-state index < -0.39 is 6.10 Å². The lowest BCUT2D eigenvalue weighted by molar-refractivity contribution is -0.167. The summed E-state index contributed by atoms with van der Waals surface area (Å²) < 4.78 is 16.8. The van der Waals surface area contributed by atoms with Crippen molar-refractivity contribution in [3.63, 3.8) is 0 Å². The number of esters is 3. The fourth-order valence-electron chi connectivity index (χ4n) is 7.22. The number of unbranched alkanes of at least 4 members (excludes halogenated alkanes) is 26. The molecule has 0 N–H and O–H groups in total. The molecular formula is C49H94O6. The van der Waals surface area contributed by atoms with Crippen molar-refractivity contribution in [1.82, 2.24) is 0 Å². The van der Waals surface area contributed by atoms with Crippen molar-refractivity contribution in [2.75, 3.05) is 13.2 Å². The molecule has 0 radical (unpaired) electrons. The van der Waals surface area contributed by atoms with Gasteiger partial charge in [0, 0.05) is 19.3 Å². The molecule has 6 heteroatoms. The third kappa shape index (κ3) is 40.4. The fourth-order valence-corrected chi connectivity index (χ4v) is 7.22. The van der Waals surface area contributed by atoms with Crippen molar-refractivity contribution in [1.29, 1.82) is 0 Å². The number of carbonyl (C=O) groups is 3. The van der Waals surface area contributed by atoms with Crippen LogP contribution in [0.5, 0.6) is 0 Å². The van der Waals surface area contributed by atoms with Crippen molar-refractivity contribution < 1.29 is 28.6 Å². The minimum atomic E-state index is -0.762. The van der Waals surface area contributed by atoms with E-state index in [4.69, 9.17) is 14.2 Å². The summed E-state index contributed by atoms with van der Waals surface area (Å²) in [5.74, 6) is 0.805. The van der Waals surface area contributed by atoms with Crippen LogP contribution in [0, 0.1) is 11.8 Å². The van der Waals surface area contributed by atoms with E-state index >= 15 is 0 Å². The van der Waals surface area contributed by atoms with Crippen LogP contribution < -0.4 is 0 Å². The molecule has 0 bridgehead atoms. The Morgan fingerprint density at radius 2 is 0.636 bits per heavy atom. The second-order valence-corrected chi connectivity index (χ2v) is 17.2. The third-order valence-electron chi connectivity index (χ3n) is 11.7. The second-order valence-electron chi connectivity index (χ2n) is 17.2. The van der Waals surface area contributed by atoms with Gasteiger partial charge in [-0.1, -0.05) is 227 Å². The van der Waals surface area contributed by atoms with Crippen LogP contribution in [0.15, 0.2) is 0 Å². The zero-order chi connectivity index (χ0) is 40.5. The average Bonchev–Trinajstić information content (AvgIpc) is 3.18. The zero-order valence-electron chi connectivity index (χ0n) is 37.6. The number of rotatable bonds is 43. The quantitative estimate of drug-likeness (QED) is 0.0348. The lowest BCUT2D eigenvalue weighted by atomic mass is 9.99. The molecule has 0 aromatic carbocycles. The van der Waals surface area contributed by atoms with Gasteiger partial charge in [0.15, 0.2) is 6.10 Å². The molecular weight excluding hydrogens is 685 g/mol. The van der Waals surface area contributed by atoms with Crippen molar-refractivity contribution in [2.24, 2.45) is 11.8 Å². The lowest BCUT2D eigenvalue weighted by Gasteiger charge is -2.18. The molecule has 326 valence electrons. The molecule has 3 atom stereocenters. The van der Waals surface area contributed by atoms with E-state index in [0.29, 0.717) is 19.3 Å². The van der Waals surface area contributed by atoms with Crippen molar-refractivity contribution in [2.45, 2.75) is 272 Å². The fraction of sp³-hybridized carbons (Fsp3) is 0.939. The maximum atomic E-state index is 12.7. The lowest BCUT2D eigenvalue weighted by Crippen LogP contribution is -2.30. The smallest absolute Gasteiger partial charge is 0.306 e. The van der Waals surface area contributed by atoms with Gasteiger partial charge in [-0.25, -0.2) is 0 Å². The summed E-state index contributed by atoms with van der Waals surface area (Å²) in [7, 11) is 0. The summed E-state index contributed by atoms with van der Waals surface area (Å²) in [6.45, 7) is 11.3. The van der Waals surface area contributed by atoms with Crippen molar-refractivity contribution >= 4 is 17.9 Å². The van der Waals surface area contributed by atoms with E-state index in [0.717, 1.165) is 69.6 Å². The van der Waals surface area contributed by atoms with Crippen LogP contribution in [0.1, 0.15) is 266 Å². The standard InChI is InChI=1S/C49H94O6/c1-6-9-10-11-12-13-14-15-16-17-18-19-24-31-36-41-49(52)55-46(43-54-48(51)40-35-30-26-25-28-33-38-45(5)8-3)42-53-47(50)39-34-29-23-21-20-22-27-32-37-44(4)7-2/h44-46H,6-43H2,1-5H3/t44?,45?,46-/m0/s1. The van der Waals surface area contributed by atoms with Gasteiger partial charge in [0.1, 0.15) is 13.2 Å². The Balaban J connectivity index is 4.33. The summed E-state index contributed by atoms with van der Waals surface area (Å²) in [5.41, 5.74) is 0. The molecule has 0 saturated heterocycles. The Morgan fingerprint density at radius 1 is 0.364 bits per heavy atom. The molecule has 0 rings (SSSR count). The molecule has 0 amide bonds. The molecule has 0 saturated carbocycles. The summed E-state index contributed by atoms with van der Waals surface area (Å²) in [6.07, 6.45) is 40.8. The Bertz CT molecular complexity index is 843. The van der Waals surface area contributed by atoms with E-state index in [-0.39, 0.29) is 31.1 Å². The molecule has 55 heavy (non-hydrogen) atoms. The highest BCUT2D eigenvalue weighted by atomic mass is 16.6. The molecule has 0 aromatic heterocycles. The van der Waals surface area contributed by atoms with Crippen LogP contribution in [0.4, 0.5) is 0 Å². The zero-order valence-corrected chi connectivity index (χ0v) is 37.6. The number of carbonyl (C=O) groups excluding carboxylic acids is 3. The Labute approximate surface area is 342 Å². The number of hydrogen-bond donors (Lipinski definition) is 0. The third-order valence-corrected chi connectivity index (χ3v) is 11.7. The van der Waals surface area contributed by atoms with Crippen LogP contribution in [-0.4, -0.2) is 37.2 Å². The maximum absolute atomic E-state index is 12.7. The van der Waals surface area contributed by atoms with E-state index in [2.05, 4.69) is 34.6 Å². The first-order chi connectivity index (χ1) is 26.8. The molecule has 2 unspecified atom stereocenters. The molecule has 0 aliphatic rings. The van der Waals surface area contributed by atoms with Crippen LogP contribution in [0.2, 0.25) is 0 Å². The highest BCUT2D eigenvalue weighted by Gasteiger charge is 2.19. The molecule has 0 fully saturated rings. The molecule has 0 aromatic rings. The summed E-state index contributed by atoms with van der Waals surface area (Å²) in [5, 5.41) is 0. The Morgan fingerprint density at radius 3 is 0.945 bits per heavy atom. The van der Waals surface area contributed by atoms with Gasteiger partial charge in [-0.3, -0.25) is 14.4 Å². The highest BCUT2D eigenvalue weighted by Crippen LogP contribution is 2.18. The topological polar surface area (TPSA) is 78.9 Å². The first-order valence-corrected chi connectivity index (χ1v) is 24.3. The molecule has 0 heterocycles. The second kappa shape index (κ2) is 42.0.